The third kappa shape index (κ3) is 2.96. The minimum atomic E-state index is -0.0706. The van der Waals surface area contributed by atoms with Crippen molar-refractivity contribution in [1.82, 2.24) is 14.5 Å². The highest BCUT2D eigenvalue weighted by molar-refractivity contribution is 6.18. The van der Waals surface area contributed by atoms with Gasteiger partial charge in [0.1, 0.15) is 0 Å². The van der Waals surface area contributed by atoms with Crippen molar-refractivity contribution in [3.8, 4) is 50.5 Å². The van der Waals surface area contributed by atoms with Crippen molar-refractivity contribution in [1.29, 1.82) is 0 Å². The van der Waals surface area contributed by atoms with E-state index >= 15 is 0 Å². The Balaban J connectivity index is 1.36. The highest BCUT2D eigenvalue weighted by Gasteiger charge is 2.40. The maximum Gasteiger partial charge on any atom is 0.0973 e. The Morgan fingerprint density at radius 3 is 2.05 bits per heavy atom. The summed E-state index contributed by atoms with van der Waals surface area (Å²) in [5, 5.41) is 2.58. The molecule has 0 fully saturated rings. The number of fused-ring (bicyclic) bond motifs is 7. The number of aromatic nitrogens is 3. The molecule has 3 heterocycles. The van der Waals surface area contributed by atoms with Crippen LogP contribution in [0.3, 0.4) is 0 Å². The highest BCUT2D eigenvalue weighted by atomic mass is 15.0. The van der Waals surface area contributed by atoms with Crippen molar-refractivity contribution in [3.63, 3.8) is 0 Å². The van der Waals surface area contributed by atoms with Gasteiger partial charge in [0.15, 0.2) is 0 Å². The summed E-state index contributed by atoms with van der Waals surface area (Å²) in [6, 6.07) is 45.9. The lowest BCUT2D eigenvalue weighted by Crippen LogP contribution is -2.15. The van der Waals surface area contributed by atoms with E-state index in [0.29, 0.717) is 0 Å². The fourth-order valence-corrected chi connectivity index (χ4v) is 7.88. The average Bonchev–Trinajstić information content (AvgIpc) is 3.48. The Hall–Kier alpha value is -5.54. The van der Waals surface area contributed by atoms with Gasteiger partial charge in [-0.3, -0.25) is 0 Å². The second-order valence-corrected chi connectivity index (χ2v) is 12.6. The van der Waals surface area contributed by atoms with Crippen molar-refractivity contribution < 1.29 is 0 Å². The van der Waals surface area contributed by atoms with Gasteiger partial charge in [-0.1, -0.05) is 117 Å². The van der Waals surface area contributed by atoms with E-state index in [1.807, 2.05) is 24.3 Å². The average molecular weight is 562 g/mol. The van der Waals surface area contributed by atoms with Crippen LogP contribution in [0.2, 0.25) is 0 Å². The first kappa shape index (κ1) is 24.0. The molecule has 10 rings (SSSR count). The molecule has 6 aromatic carbocycles. The van der Waals surface area contributed by atoms with Gasteiger partial charge in [0.2, 0.25) is 0 Å². The quantitative estimate of drug-likeness (QED) is 0.210. The molecule has 0 saturated carbocycles. The van der Waals surface area contributed by atoms with Gasteiger partial charge in [0.25, 0.3) is 0 Å². The number of hydrogen-bond acceptors (Lipinski definition) is 2. The molecule has 2 aromatic heterocycles. The summed E-state index contributed by atoms with van der Waals surface area (Å²) < 4.78 is 2.52. The molecule has 0 unspecified atom stereocenters. The van der Waals surface area contributed by atoms with Gasteiger partial charge in [-0.05, 0) is 46.5 Å². The molecule has 0 saturated heterocycles. The lowest BCUT2D eigenvalue weighted by atomic mass is 9.81. The zero-order valence-electron chi connectivity index (χ0n) is 24.5. The molecule has 3 nitrogen and oxygen atoms in total. The van der Waals surface area contributed by atoms with E-state index in [4.69, 9.17) is 9.97 Å². The number of para-hydroxylation sites is 3. The van der Waals surface area contributed by atoms with Crippen LogP contribution in [0.4, 0.5) is 0 Å². The Morgan fingerprint density at radius 1 is 0.523 bits per heavy atom. The maximum absolute atomic E-state index is 5.25. The van der Waals surface area contributed by atoms with E-state index in [1.165, 1.54) is 60.9 Å². The van der Waals surface area contributed by atoms with Gasteiger partial charge in [-0.25, -0.2) is 9.97 Å². The second kappa shape index (κ2) is 8.30. The van der Waals surface area contributed by atoms with Gasteiger partial charge in [0, 0.05) is 38.4 Å². The Morgan fingerprint density at radius 2 is 1.23 bits per heavy atom. The van der Waals surface area contributed by atoms with Crippen molar-refractivity contribution in [2.45, 2.75) is 19.3 Å². The van der Waals surface area contributed by atoms with E-state index in [2.05, 4.69) is 122 Å². The van der Waals surface area contributed by atoms with Crippen LogP contribution in [0, 0.1) is 0 Å². The molecule has 0 amide bonds. The van der Waals surface area contributed by atoms with Gasteiger partial charge in [-0.2, -0.15) is 0 Å². The molecule has 2 aliphatic rings. The summed E-state index contributed by atoms with van der Waals surface area (Å²) in [4.78, 5) is 10.4. The normalized spacial score (nSPS) is 13.9. The molecule has 1 aliphatic carbocycles. The third-order valence-electron chi connectivity index (χ3n) is 9.92. The largest absolute Gasteiger partial charge is 0.308 e. The first-order chi connectivity index (χ1) is 21.6. The van der Waals surface area contributed by atoms with E-state index < -0.39 is 0 Å². The summed E-state index contributed by atoms with van der Waals surface area (Å²) >= 11 is 0. The molecular formula is C41H27N3. The molecule has 0 radical (unpaired) electrons. The van der Waals surface area contributed by atoms with Gasteiger partial charge < -0.3 is 4.57 Å². The zero-order chi connectivity index (χ0) is 29.2. The SMILES string of the molecule is CC1(C)c2cccc3c2-c2c1ccc1c4ccccc4n(c21)-c1cc(-c2nc4ccccc4nc2-c2ccccc2)ccc1-3. The van der Waals surface area contributed by atoms with Crippen LogP contribution in [-0.4, -0.2) is 14.5 Å². The Bertz CT molecular complexity index is 2520. The van der Waals surface area contributed by atoms with Crippen LogP contribution in [0.25, 0.3) is 83.3 Å². The monoisotopic (exact) mass is 561 g/mol. The lowest BCUT2D eigenvalue weighted by molar-refractivity contribution is 0.661. The first-order valence-electron chi connectivity index (χ1n) is 15.3. The van der Waals surface area contributed by atoms with Crippen molar-refractivity contribution >= 4 is 32.8 Å². The Labute approximate surface area is 255 Å². The van der Waals surface area contributed by atoms with E-state index in [-0.39, 0.29) is 5.41 Å². The minimum absolute atomic E-state index is 0.0706. The maximum atomic E-state index is 5.25. The summed E-state index contributed by atoms with van der Waals surface area (Å²) in [5.74, 6) is 0. The summed E-state index contributed by atoms with van der Waals surface area (Å²) in [7, 11) is 0. The fraction of sp³-hybridized carbons (Fsp3) is 0.0732. The molecule has 206 valence electrons. The van der Waals surface area contributed by atoms with Crippen LogP contribution in [-0.2, 0) is 5.41 Å². The van der Waals surface area contributed by atoms with Gasteiger partial charge in [0.05, 0.1) is 39.1 Å². The van der Waals surface area contributed by atoms with Crippen molar-refractivity contribution in [2.75, 3.05) is 0 Å². The predicted octanol–water partition coefficient (Wildman–Crippen LogP) is 10.3. The molecule has 3 heteroatoms. The minimum Gasteiger partial charge on any atom is -0.308 e. The fourth-order valence-electron chi connectivity index (χ4n) is 7.88. The van der Waals surface area contributed by atoms with Crippen LogP contribution >= 0.6 is 0 Å². The van der Waals surface area contributed by atoms with Crippen LogP contribution in [0.5, 0.6) is 0 Å². The van der Waals surface area contributed by atoms with Crippen LogP contribution in [0.1, 0.15) is 25.0 Å². The first-order valence-corrected chi connectivity index (χ1v) is 15.3. The zero-order valence-corrected chi connectivity index (χ0v) is 24.5. The molecule has 8 aromatic rings. The standard InChI is InChI=1S/C41H27N3/c1-41(2)30-15-10-14-28-27-20-19-25(39-38(24-11-4-3-5-12-24)42-32-16-7-8-17-33(32)43-39)23-35(27)44-34-18-9-6-13-26(34)29-21-22-31(41)37(36(28)30)40(29)44/h3-23H,1-2H3. The number of benzene rings is 6. The number of nitrogens with zero attached hydrogens (tertiary/aromatic N) is 3. The summed E-state index contributed by atoms with van der Waals surface area (Å²) in [6.45, 7) is 4.74. The number of rotatable bonds is 2. The van der Waals surface area contributed by atoms with Crippen LogP contribution in [0.15, 0.2) is 127 Å². The van der Waals surface area contributed by atoms with E-state index in [1.54, 1.807) is 0 Å². The molecule has 44 heavy (non-hydrogen) atoms. The van der Waals surface area contributed by atoms with E-state index in [9.17, 15) is 0 Å². The summed E-state index contributed by atoms with van der Waals surface area (Å²) in [5.41, 5.74) is 17.4. The van der Waals surface area contributed by atoms with Gasteiger partial charge >= 0.3 is 0 Å². The molecular weight excluding hydrogens is 534 g/mol. The molecule has 0 N–H and O–H groups in total. The highest BCUT2D eigenvalue weighted by Crippen LogP contribution is 2.58. The third-order valence-corrected chi connectivity index (χ3v) is 9.92. The predicted molar refractivity (Wildman–Crippen MR) is 181 cm³/mol. The smallest absolute Gasteiger partial charge is 0.0973 e. The Kier molecular flexibility index (Phi) is 4.52. The molecule has 0 atom stereocenters. The second-order valence-electron chi connectivity index (χ2n) is 12.6. The summed E-state index contributed by atoms with van der Waals surface area (Å²) in [6.07, 6.45) is 0. The lowest BCUT2D eigenvalue weighted by Gasteiger charge is -2.23. The van der Waals surface area contributed by atoms with Crippen molar-refractivity contribution in [2.24, 2.45) is 0 Å². The molecule has 0 bridgehead atoms. The number of hydrogen-bond donors (Lipinski definition) is 0. The molecule has 1 aliphatic heterocycles. The van der Waals surface area contributed by atoms with E-state index in [0.717, 1.165) is 33.5 Å². The van der Waals surface area contributed by atoms with Crippen LogP contribution < -0.4 is 0 Å². The molecule has 0 spiro atoms. The topological polar surface area (TPSA) is 30.7 Å². The van der Waals surface area contributed by atoms with Crippen molar-refractivity contribution in [3.05, 3.63) is 139 Å². The van der Waals surface area contributed by atoms with Gasteiger partial charge in [-0.15, -0.1) is 0 Å².